The molecule has 1 aliphatic rings. The molecule has 0 bridgehead atoms. The fourth-order valence-electron chi connectivity index (χ4n) is 3.66. The van der Waals surface area contributed by atoms with Gasteiger partial charge in [0.2, 0.25) is 0 Å². The number of hydrogen-bond donors (Lipinski definition) is 3. The summed E-state index contributed by atoms with van der Waals surface area (Å²) in [7, 11) is 0. The molecule has 1 saturated heterocycles. The Kier molecular flexibility index (Phi) is 6.58. The first kappa shape index (κ1) is 21.2. The number of Topliss-reactive ketones (excluding diaryl/α,β-unsaturated/α-hetero) is 1. The maximum atomic E-state index is 13.0. The van der Waals surface area contributed by atoms with E-state index in [0.29, 0.717) is 17.5 Å². The number of unbranched alkanes of at least 4 members (excludes halogenated alkanes) is 1. The summed E-state index contributed by atoms with van der Waals surface area (Å²) >= 11 is 0. The van der Waals surface area contributed by atoms with Gasteiger partial charge in [-0.1, -0.05) is 50.1 Å². The van der Waals surface area contributed by atoms with Crippen molar-refractivity contribution >= 4 is 23.4 Å². The molecule has 2 atom stereocenters. The molecule has 1 fully saturated rings. The van der Waals surface area contributed by atoms with Crippen LogP contribution in [0.1, 0.15) is 43.4 Å². The van der Waals surface area contributed by atoms with Crippen LogP contribution in [0.3, 0.4) is 0 Å². The minimum absolute atomic E-state index is 0.107. The number of carbonyl (C=O) groups is 3. The molecule has 0 spiro atoms. The molecule has 2 aromatic rings. The standard InChI is InChI=1S/C22H23N3O5/c1-2-3-9-16(21(28)24-30)25-18(14-10-12-23-13-11-14)17(20(27)22(25)29)19(26)15-7-5-4-6-8-15/h4-8,10-13,16,18,26,30H,2-3,9H2,1H3,(H,24,28)/b19-17+. The summed E-state index contributed by atoms with van der Waals surface area (Å²) < 4.78 is 0. The average Bonchev–Trinajstić information content (AvgIpc) is 3.05. The van der Waals surface area contributed by atoms with Gasteiger partial charge in [0.15, 0.2) is 0 Å². The fraction of sp³-hybridized carbons (Fsp3) is 0.273. The second-order valence-corrected chi connectivity index (χ2v) is 6.99. The van der Waals surface area contributed by atoms with E-state index in [2.05, 4.69) is 4.98 Å². The number of hydrogen-bond acceptors (Lipinski definition) is 6. The van der Waals surface area contributed by atoms with E-state index in [1.54, 1.807) is 47.9 Å². The predicted octanol–water partition coefficient (Wildman–Crippen LogP) is 2.57. The van der Waals surface area contributed by atoms with Gasteiger partial charge in [0, 0.05) is 18.0 Å². The Bertz CT molecular complexity index is 959. The van der Waals surface area contributed by atoms with E-state index < -0.39 is 29.7 Å². The van der Waals surface area contributed by atoms with E-state index in [4.69, 9.17) is 0 Å². The molecule has 30 heavy (non-hydrogen) atoms. The number of rotatable bonds is 7. The zero-order chi connectivity index (χ0) is 21.7. The van der Waals surface area contributed by atoms with Gasteiger partial charge < -0.3 is 10.0 Å². The highest BCUT2D eigenvalue weighted by Crippen LogP contribution is 2.41. The molecule has 0 saturated carbocycles. The Hall–Kier alpha value is -3.52. The summed E-state index contributed by atoms with van der Waals surface area (Å²) in [6.45, 7) is 1.93. The lowest BCUT2D eigenvalue weighted by Crippen LogP contribution is -2.48. The summed E-state index contributed by atoms with van der Waals surface area (Å²) in [6, 6.07) is 9.60. The van der Waals surface area contributed by atoms with Crippen LogP contribution in [0, 0.1) is 0 Å². The zero-order valence-electron chi connectivity index (χ0n) is 16.5. The van der Waals surface area contributed by atoms with Gasteiger partial charge in [-0.05, 0) is 24.1 Å². The van der Waals surface area contributed by atoms with Crippen molar-refractivity contribution in [2.24, 2.45) is 0 Å². The summed E-state index contributed by atoms with van der Waals surface area (Å²) in [5, 5.41) is 20.2. The first-order chi connectivity index (χ1) is 14.5. The Morgan fingerprint density at radius 3 is 2.43 bits per heavy atom. The highest BCUT2D eigenvalue weighted by atomic mass is 16.5. The number of hydroxylamine groups is 1. The van der Waals surface area contributed by atoms with E-state index in [1.165, 1.54) is 12.4 Å². The minimum atomic E-state index is -1.08. The van der Waals surface area contributed by atoms with Crippen molar-refractivity contribution < 1.29 is 24.7 Å². The van der Waals surface area contributed by atoms with Gasteiger partial charge in [0.05, 0.1) is 11.6 Å². The number of aliphatic hydroxyl groups is 1. The lowest BCUT2D eigenvalue weighted by molar-refractivity contribution is -0.147. The molecule has 8 heteroatoms. The third kappa shape index (κ3) is 3.95. The van der Waals surface area contributed by atoms with Crippen LogP contribution in [0.25, 0.3) is 5.76 Å². The third-order valence-corrected chi connectivity index (χ3v) is 5.13. The van der Waals surface area contributed by atoms with Gasteiger partial charge in [-0.25, -0.2) is 5.48 Å². The highest BCUT2D eigenvalue weighted by Gasteiger charge is 2.50. The lowest BCUT2D eigenvalue weighted by Gasteiger charge is -2.31. The van der Waals surface area contributed by atoms with Crippen LogP contribution in [-0.2, 0) is 14.4 Å². The smallest absolute Gasteiger partial charge is 0.296 e. The maximum absolute atomic E-state index is 13.0. The van der Waals surface area contributed by atoms with Gasteiger partial charge in [0.25, 0.3) is 17.6 Å². The highest BCUT2D eigenvalue weighted by molar-refractivity contribution is 6.47. The second kappa shape index (κ2) is 9.32. The molecule has 1 aromatic heterocycles. The summed E-state index contributed by atoms with van der Waals surface area (Å²) in [6.07, 6.45) is 4.62. The van der Waals surface area contributed by atoms with Crippen molar-refractivity contribution in [1.29, 1.82) is 0 Å². The minimum Gasteiger partial charge on any atom is -0.507 e. The normalized spacial score (nSPS) is 19.0. The van der Waals surface area contributed by atoms with Crippen molar-refractivity contribution in [1.82, 2.24) is 15.4 Å². The number of likely N-dealkylation sites (tertiary alicyclic amines) is 1. The van der Waals surface area contributed by atoms with E-state index in [1.807, 2.05) is 6.92 Å². The Labute approximate surface area is 173 Å². The van der Waals surface area contributed by atoms with Crippen LogP contribution in [0.4, 0.5) is 0 Å². The molecular weight excluding hydrogens is 386 g/mol. The summed E-state index contributed by atoms with van der Waals surface area (Å²) in [4.78, 5) is 43.5. The van der Waals surface area contributed by atoms with E-state index in [-0.39, 0.29) is 17.8 Å². The van der Waals surface area contributed by atoms with Crippen molar-refractivity contribution in [3.05, 3.63) is 71.6 Å². The summed E-state index contributed by atoms with van der Waals surface area (Å²) in [5.74, 6) is -2.90. The fourth-order valence-corrected chi connectivity index (χ4v) is 3.66. The topological polar surface area (TPSA) is 120 Å². The van der Waals surface area contributed by atoms with Crippen LogP contribution in [-0.4, -0.2) is 43.8 Å². The van der Waals surface area contributed by atoms with Crippen LogP contribution >= 0.6 is 0 Å². The van der Waals surface area contributed by atoms with Crippen LogP contribution in [0.15, 0.2) is 60.4 Å². The molecule has 0 aliphatic carbocycles. The van der Waals surface area contributed by atoms with E-state index in [0.717, 1.165) is 11.3 Å². The average molecular weight is 409 g/mol. The van der Waals surface area contributed by atoms with Gasteiger partial charge in [0.1, 0.15) is 11.8 Å². The molecular formula is C22H23N3O5. The lowest BCUT2D eigenvalue weighted by atomic mass is 9.95. The molecule has 2 unspecified atom stereocenters. The van der Waals surface area contributed by atoms with Crippen molar-refractivity contribution in [2.75, 3.05) is 0 Å². The molecule has 3 rings (SSSR count). The van der Waals surface area contributed by atoms with Crippen molar-refractivity contribution in [2.45, 2.75) is 38.3 Å². The van der Waals surface area contributed by atoms with Crippen LogP contribution in [0.5, 0.6) is 0 Å². The quantitative estimate of drug-likeness (QED) is 0.213. The molecule has 8 nitrogen and oxygen atoms in total. The Balaban J connectivity index is 2.20. The zero-order valence-corrected chi connectivity index (χ0v) is 16.5. The largest absolute Gasteiger partial charge is 0.507 e. The first-order valence-electron chi connectivity index (χ1n) is 9.70. The number of amides is 2. The van der Waals surface area contributed by atoms with Crippen molar-refractivity contribution in [3.63, 3.8) is 0 Å². The number of ketones is 1. The Morgan fingerprint density at radius 2 is 1.83 bits per heavy atom. The van der Waals surface area contributed by atoms with Gasteiger partial charge >= 0.3 is 0 Å². The number of carbonyl (C=O) groups excluding carboxylic acids is 3. The number of aliphatic hydroxyl groups excluding tert-OH is 1. The predicted molar refractivity (Wildman–Crippen MR) is 108 cm³/mol. The van der Waals surface area contributed by atoms with E-state index >= 15 is 0 Å². The van der Waals surface area contributed by atoms with Gasteiger partial charge in [-0.3, -0.25) is 24.6 Å². The van der Waals surface area contributed by atoms with Gasteiger partial charge in [-0.2, -0.15) is 0 Å². The maximum Gasteiger partial charge on any atom is 0.296 e. The number of aromatic nitrogens is 1. The third-order valence-electron chi connectivity index (χ3n) is 5.13. The number of pyridine rings is 1. The molecule has 1 aliphatic heterocycles. The molecule has 1 aromatic carbocycles. The number of benzene rings is 1. The van der Waals surface area contributed by atoms with E-state index in [9.17, 15) is 24.7 Å². The molecule has 3 N–H and O–H groups in total. The molecule has 2 heterocycles. The molecule has 2 amide bonds. The van der Waals surface area contributed by atoms with Crippen molar-refractivity contribution in [3.8, 4) is 0 Å². The monoisotopic (exact) mass is 409 g/mol. The molecule has 156 valence electrons. The van der Waals surface area contributed by atoms with Crippen LogP contribution < -0.4 is 5.48 Å². The molecule has 0 radical (unpaired) electrons. The summed E-state index contributed by atoms with van der Waals surface area (Å²) in [5.41, 5.74) is 2.40. The first-order valence-corrected chi connectivity index (χ1v) is 9.70. The second-order valence-electron chi connectivity index (χ2n) is 6.99. The van der Waals surface area contributed by atoms with Gasteiger partial charge in [-0.15, -0.1) is 0 Å². The SMILES string of the molecule is CCCCC(C(=O)NO)N1C(=O)C(=O)/C(=C(/O)c2ccccc2)C1c1ccncc1. The number of nitrogens with zero attached hydrogens (tertiary/aromatic N) is 2. The van der Waals surface area contributed by atoms with Crippen LogP contribution in [0.2, 0.25) is 0 Å². The Morgan fingerprint density at radius 1 is 1.17 bits per heavy atom. The number of nitrogens with one attached hydrogen (secondary N) is 1.